The van der Waals surface area contributed by atoms with E-state index >= 15 is 0 Å². The lowest BCUT2D eigenvalue weighted by Gasteiger charge is -2.19. The first-order valence-corrected chi connectivity index (χ1v) is 8.94. The molecule has 0 spiro atoms. The number of anilines is 3. The molecule has 3 amide bonds. The summed E-state index contributed by atoms with van der Waals surface area (Å²) in [7, 11) is 0. The Balaban J connectivity index is 3.07. The third-order valence-electron chi connectivity index (χ3n) is 3.56. The van der Waals surface area contributed by atoms with Gasteiger partial charge >= 0.3 is 0 Å². The highest BCUT2D eigenvalue weighted by molar-refractivity contribution is 6.02. The van der Waals surface area contributed by atoms with Gasteiger partial charge in [0.15, 0.2) is 0 Å². The van der Waals surface area contributed by atoms with Crippen molar-refractivity contribution in [2.24, 2.45) is 17.3 Å². The van der Waals surface area contributed by atoms with E-state index in [2.05, 4.69) is 16.0 Å². The molecular formula is C20H31N3O3. The maximum atomic E-state index is 12.2. The van der Waals surface area contributed by atoms with E-state index in [4.69, 9.17) is 0 Å². The third-order valence-corrected chi connectivity index (χ3v) is 3.56. The zero-order valence-electron chi connectivity index (χ0n) is 16.8. The van der Waals surface area contributed by atoms with E-state index in [9.17, 15) is 14.4 Å². The van der Waals surface area contributed by atoms with Gasteiger partial charge in [0.2, 0.25) is 17.7 Å². The van der Waals surface area contributed by atoms with E-state index in [1.807, 2.05) is 20.8 Å². The first-order chi connectivity index (χ1) is 11.9. The molecule has 0 saturated heterocycles. The zero-order valence-corrected chi connectivity index (χ0v) is 16.8. The van der Waals surface area contributed by atoms with Crippen LogP contribution in [0.1, 0.15) is 54.9 Å². The summed E-state index contributed by atoms with van der Waals surface area (Å²) in [6.45, 7) is 13.1. The van der Waals surface area contributed by atoms with E-state index in [0.717, 1.165) is 0 Å². The summed E-state index contributed by atoms with van der Waals surface area (Å²) in [4.78, 5) is 36.3. The molecule has 0 aliphatic carbocycles. The Bertz CT molecular complexity index is 673. The van der Waals surface area contributed by atoms with Gasteiger partial charge in [0, 0.05) is 23.9 Å². The van der Waals surface area contributed by atoms with Crippen LogP contribution in [0.25, 0.3) is 0 Å². The number of carbonyl (C=O) groups excluding carboxylic acids is 3. The molecule has 1 aromatic rings. The van der Waals surface area contributed by atoms with Crippen molar-refractivity contribution in [3.8, 4) is 0 Å². The predicted molar refractivity (Wildman–Crippen MR) is 106 cm³/mol. The molecular weight excluding hydrogens is 330 g/mol. The highest BCUT2D eigenvalue weighted by atomic mass is 16.2. The molecule has 0 saturated carbocycles. The molecule has 3 N–H and O–H groups in total. The van der Waals surface area contributed by atoms with Crippen LogP contribution in [-0.2, 0) is 14.4 Å². The predicted octanol–water partition coefficient (Wildman–Crippen LogP) is 4.25. The summed E-state index contributed by atoms with van der Waals surface area (Å²) < 4.78 is 0. The van der Waals surface area contributed by atoms with Crippen LogP contribution in [0.4, 0.5) is 17.1 Å². The fourth-order valence-electron chi connectivity index (χ4n) is 2.08. The van der Waals surface area contributed by atoms with Gasteiger partial charge < -0.3 is 16.0 Å². The molecule has 0 bridgehead atoms. The van der Waals surface area contributed by atoms with Crippen LogP contribution < -0.4 is 16.0 Å². The van der Waals surface area contributed by atoms with Gasteiger partial charge in [-0.05, 0) is 23.6 Å². The van der Waals surface area contributed by atoms with E-state index in [1.54, 1.807) is 45.9 Å². The largest absolute Gasteiger partial charge is 0.326 e. The Morgan fingerprint density at radius 1 is 0.846 bits per heavy atom. The summed E-state index contributed by atoms with van der Waals surface area (Å²) in [6.07, 6.45) is 0.381. The quantitative estimate of drug-likeness (QED) is 0.708. The van der Waals surface area contributed by atoms with Crippen LogP contribution >= 0.6 is 0 Å². The fourth-order valence-corrected chi connectivity index (χ4v) is 2.08. The van der Waals surface area contributed by atoms with Crippen LogP contribution in [0.5, 0.6) is 0 Å². The number of hydrogen-bond donors (Lipinski definition) is 3. The summed E-state index contributed by atoms with van der Waals surface area (Å²) in [5.74, 6) is -0.798. The topological polar surface area (TPSA) is 87.3 Å². The number of amides is 3. The van der Waals surface area contributed by atoms with Crippen LogP contribution in [0.15, 0.2) is 18.2 Å². The minimum absolute atomic E-state index is 0.0994. The zero-order chi connectivity index (χ0) is 20.1. The smallest absolute Gasteiger partial charge is 0.226 e. The second-order valence-electron chi connectivity index (χ2n) is 8.33. The Hall–Kier alpha value is -2.37. The molecule has 144 valence electrons. The maximum absolute atomic E-state index is 12.2. The van der Waals surface area contributed by atoms with Crippen molar-refractivity contribution in [2.45, 2.75) is 54.9 Å². The van der Waals surface area contributed by atoms with Crippen molar-refractivity contribution >= 4 is 34.8 Å². The first-order valence-electron chi connectivity index (χ1n) is 8.94. The highest BCUT2D eigenvalue weighted by Crippen LogP contribution is 2.28. The number of carbonyl (C=O) groups is 3. The van der Waals surface area contributed by atoms with Gasteiger partial charge in [-0.15, -0.1) is 0 Å². The van der Waals surface area contributed by atoms with Gasteiger partial charge in [-0.2, -0.15) is 0 Å². The number of rotatable bonds is 6. The summed E-state index contributed by atoms with van der Waals surface area (Å²) in [6, 6.07) is 5.06. The lowest BCUT2D eigenvalue weighted by molar-refractivity contribution is -0.119. The highest BCUT2D eigenvalue weighted by Gasteiger charge is 2.18. The van der Waals surface area contributed by atoms with Gasteiger partial charge in [0.05, 0.1) is 11.4 Å². The van der Waals surface area contributed by atoms with Crippen molar-refractivity contribution in [3.05, 3.63) is 18.2 Å². The van der Waals surface area contributed by atoms with Crippen molar-refractivity contribution < 1.29 is 14.4 Å². The van der Waals surface area contributed by atoms with Gasteiger partial charge in [-0.3, -0.25) is 14.4 Å². The molecule has 0 heterocycles. The SMILES string of the molecule is CC(C)C(=O)Nc1ccc(NC(=O)CC(C)(C)C)cc1NC(=O)C(C)C. The van der Waals surface area contributed by atoms with Crippen LogP contribution in [0, 0.1) is 17.3 Å². The monoisotopic (exact) mass is 361 g/mol. The molecule has 0 aromatic heterocycles. The van der Waals surface area contributed by atoms with E-state index in [0.29, 0.717) is 23.5 Å². The molecule has 0 unspecified atom stereocenters. The van der Waals surface area contributed by atoms with Crippen molar-refractivity contribution in [1.29, 1.82) is 0 Å². The van der Waals surface area contributed by atoms with Crippen molar-refractivity contribution in [2.75, 3.05) is 16.0 Å². The average molecular weight is 361 g/mol. The Labute approximate surface area is 156 Å². The molecule has 0 radical (unpaired) electrons. The summed E-state index contributed by atoms with van der Waals surface area (Å²) in [5, 5.41) is 8.46. The summed E-state index contributed by atoms with van der Waals surface area (Å²) >= 11 is 0. The first kappa shape index (κ1) is 21.7. The summed E-state index contributed by atoms with van der Waals surface area (Å²) in [5.41, 5.74) is 1.42. The molecule has 26 heavy (non-hydrogen) atoms. The minimum atomic E-state index is -0.206. The molecule has 0 aliphatic heterocycles. The Morgan fingerprint density at radius 3 is 1.81 bits per heavy atom. The van der Waals surface area contributed by atoms with Crippen molar-refractivity contribution in [1.82, 2.24) is 0 Å². The van der Waals surface area contributed by atoms with Gasteiger partial charge in [0.25, 0.3) is 0 Å². The lowest BCUT2D eigenvalue weighted by Crippen LogP contribution is -2.23. The van der Waals surface area contributed by atoms with Gasteiger partial charge in [-0.25, -0.2) is 0 Å². The number of nitrogens with one attached hydrogen (secondary N) is 3. The Kier molecular flexibility index (Phi) is 7.36. The molecule has 1 rings (SSSR count). The molecule has 0 atom stereocenters. The lowest BCUT2D eigenvalue weighted by atomic mass is 9.92. The fraction of sp³-hybridized carbons (Fsp3) is 0.550. The van der Waals surface area contributed by atoms with Crippen LogP contribution in [0.3, 0.4) is 0 Å². The maximum Gasteiger partial charge on any atom is 0.226 e. The second-order valence-corrected chi connectivity index (χ2v) is 8.33. The molecule has 6 nitrogen and oxygen atoms in total. The third kappa shape index (κ3) is 7.25. The average Bonchev–Trinajstić information content (AvgIpc) is 2.47. The van der Waals surface area contributed by atoms with E-state index in [-0.39, 0.29) is 35.0 Å². The molecule has 1 aromatic carbocycles. The van der Waals surface area contributed by atoms with Crippen molar-refractivity contribution in [3.63, 3.8) is 0 Å². The molecule has 0 fully saturated rings. The minimum Gasteiger partial charge on any atom is -0.326 e. The van der Waals surface area contributed by atoms with Gasteiger partial charge in [-0.1, -0.05) is 48.5 Å². The van der Waals surface area contributed by atoms with Crippen LogP contribution in [-0.4, -0.2) is 17.7 Å². The van der Waals surface area contributed by atoms with Gasteiger partial charge in [0.1, 0.15) is 0 Å². The van der Waals surface area contributed by atoms with Crippen LogP contribution in [0.2, 0.25) is 0 Å². The number of benzene rings is 1. The van der Waals surface area contributed by atoms with E-state index < -0.39 is 0 Å². The van der Waals surface area contributed by atoms with E-state index in [1.165, 1.54) is 0 Å². The Morgan fingerprint density at radius 2 is 1.35 bits per heavy atom. The number of hydrogen-bond acceptors (Lipinski definition) is 3. The standard InChI is InChI=1S/C20H31N3O3/c1-12(2)18(25)22-15-9-8-14(21-17(24)11-20(5,6)7)10-16(15)23-19(26)13(3)4/h8-10,12-13H,11H2,1-7H3,(H,21,24)(H,22,25)(H,23,26). The molecule has 0 aliphatic rings. The molecule has 6 heteroatoms. The normalized spacial score (nSPS) is 11.4. The second kappa shape index (κ2) is 8.83.